The number of nitrogens with zero attached hydrogens (tertiary/aromatic N) is 1. The van der Waals surface area contributed by atoms with Gasteiger partial charge in [0.05, 0.1) is 18.4 Å². The number of carboxylic acids is 1. The number of carboxylic acid groups (broad SMARTS) is 1. The molecule has 1 unspecified atom stereocenters. The SMILES string of the molecule is O=C(O)C1C(CO)=CS[C@@H]2CC(=O)N12. The Bertz CT molecular complexity index is 327. The van der Waals surface area contributed by atoms with Gasteiger partial charge in [0.15, 0.2) is 6.04 Å². The molecule has 0 aliphatic carbocycles. The van der Waals surface area contributed by atoms with E-state index in [0.717, 1.165) is 0 Å². The molecule has 1 saturated heterocycles. The average molecular weight is 215 g/mol. The largest absolute Gasteiger partial charge is 0.479 e. The summed E-state index contributed by atoms with van der Waals surface area (Å²) in [6.45, 7) is -0.319. The van der Waals surface area contributed by atoms with Gasteiger partial charge >= 0.3 is 5.97 Å². The molecule has 14 heavy (non-hydrogen) atoms. The molecule has 2 heterocycles. The summed E-state index contributed by atoms with van der Waals surface area (Å²) in [5.74, 6) is -1.24. The van der Waals surface area contributed by atoms with Crippen molar-refractivity contribution in [3.8, 4) is 0 Å². The second-order valence-electron chi connectivity index (χ2n) is 3.19. The van der Waals surface area contributed by atoms with Crippen molar-refractivity contribution in [1.29, 1.82) is 0 Å². The van der Waals surface area contributed by atoms with Gasteiger partial charge in [0.25, 0.3) is 0 Å². The van der Waals surface area contributed by atoms with Gasteiger partial charge in [-0.1, -0.05) is 0 Å². The number of thioether (sulfide) groups is 1. The van der Waals surface area contributed by atoms with E-state index in [-0.39, 0.29) is 17.9 Å². The highest BCUT2D eigenvalue weighted by Gasteiger charge is 2.47. The molecule has 2 atom stereocenters. The lowest BCUT2D eigenvalue weighted by atomic mass is 10.0. The van der Waals surface area contributed by atoms with Crippen LogP contribution < -0.4 is 0 Å². The Balaban J connectivity index is 2.29. The molecule has 2 N–H and O–H groups in total. The van der Waals surface area contributed by atoms with E-state index in [4.69, 9.17) is 10.2 Å². The Labute approximate surface area is 84.4 Å². The third kappa shape index (κ3) is 1.22. The van der Waals surface area contributed by atoms with Gasteiger partial charge in [0.1, 0.15) is 0 Å². The highest BCUT2D eigenvalue weighted by Crippen LogP contribution is 2.39. The highest BCUT2D eigenvalue weighted by atomic mass is 32.2. The van der Waals surface area contributed by atoms with Gasteiger partial charge < -0.3 is 15.1 Å². The van der Waals surface area contributed by atoms with E-state index in [1.54, 1.807) is 5.41 Å². The van der Waals surface area contributed by atoms with Gasteiger partial charge in [-0.2, -0.15) is 0 Å². The van der Waals surface area contributed by atoms with Gasteiger partial charge in [-0.3, -0.25) is 4.79 Å². The summed E-state index contributed by atoms with van der Waals surface area (Å²) in [5, 5.41) is 19.5. The third-order valence-electron chi connectivity index (χ3n) is 2.37. The zero-order chi connectivity index (χ0) is 10.3. The van der Waals surface area contributed by atoms with Crippen molar-refractivity contribution in [2.24, 2.45) is 0 Å². The van der Waals surface area contributed by atoms with Gasteiger partial charge in [-0.15, -0.1) is 11.8 Å². The first-order valence-electron chi connectivity index (χ1n) is 4.14. The van der Waals surface area contributed by atoms with Crippen LogP contribution in [0.15, 0.2) is 11.0 Å². The molecule has 0 radical (unpaired) electrons. The van der Waals surface area contributed by atoms with E-state index in [2.05, 4.69) is 0 Å². The van der Waals surface area contributed by atoms with Crippen molar-refractivity contribution in [2.45, 2.75) is 17.8 Å². The number of carbonyl (C=O) groups excluding carboxylic acids is 1. The second-order valence-corrected chi connectivity index (χ2v) is 4.24. The van der Waals surface area contributed by atoms with Crippen LogP contribution in [0.2, 0.25) is 0 Å². The molecule has 0 aromatic rings. The van der Waals surface area contributed by atoms with Gasteiger partial charge in [-0.25, -0.2) is 4.79 Å². The lowest BCUT2D eigenvalue weighted by Gasteiger charge is -2.46. The predicted molar refractivity (Wildman–Crippen MR) is 49.4 cm³/mol. The molecule has 0 bridgehead atoms. The molecular formula is C8H9NO4S. The van der Waals surface area contributed by atoms with Crippen LogP contribution in [0.1, 0.15) is 6.42 Å². The first-order valence-corrected chi connectivity index (χ1v) is 5.08. The molecule has 0 aromatic heterocycles. The van der Waals surface area contributed by atoms with Crippen LogP contribution >= 0.6 is 11.8 Å². The number of amides is 1. The fourth-order valence-corrected chi connectivity index (χ4v) is 2.78. The molecule has 2 aliphatic rings. The number of fused-ring (bicyclic) bond motifs is 1. The van der Waals surface area contributed by atoms with Crippen molar-refractivity contribution in [3.63, 3.8) is 0 Å². The Kier molecular flexibility index (Phi) is 2.24. The number of aliphatic carboxylic acids is 1. The van der Waals surface area contributed by atoms with E-state index < -0.39 is 12.0 Å². The number of rotatable bonds is 2. The topological polar surface area (TPSA) is 77.8 Å². The maximum absolute atomic E-state index is 11.2. The smallest absolute Gasteiger partial charge is 0.330 e. The highest BCUT2D eigenvalue weighted by molar-refractivity contribution is 8.02. The summed E-state index contributed by atoms with van der Waals surface area (Å²) in [4.78, 5) is 23.4. The number of hydrogen-bond donors (Lipinski definition) is 2. The maximum atomic E-state index is 11.2. The van der Waals surface area contributed by atoms with Crippen LogP contribution in [-0.2, 0) is 9.59 Å². The fourth-order valence-electron chi connectivity index (χ4n) is 1.64. The van der Waals surface area contributed by atoms with Crippen molar-refractivity contribution < 1.29 is 19.8 Å². The Morgan fingerprint density at radius 1 is 1.71 bits per heavy atom. The molecular weight excluding hydrogens is 206 g/mol. The molecule has 0 aromatic carbocycles. The summed E-state index contributed by atoms with van der Waals surface area (Å²) in [5.41, 5.74) is 0.381. The Hall–Kier alpha value is -1.01. The van der Waals surface area contributed by atoms with Crippen LogP contribution in [-0.4, -0.2) is 45.0 Å². The number of carbonyl (C=O) groups is 2. The van der Waals surface area contributed by atoms with Crippen molar-refractivity contribution in [1.82, 2.24) is 4.90 Å². The monoisotopic (exact) mass is 215 g/mol. The van der Waals surface area contributed by atoms with E-state index in [1.807, 2.05) is 0 Å². The molecule has 5 nitrogen and oxygen atoms in total. The number of aliphatic hydroxyl groups excluding tert-OH is 1. The fraction of sp³-hybridized carbons (Fsp3) is 0.500. The maximum Gasteiger partial charge on any atom is 0.330 e. The molecule has 1 amide bonds. The molecule has 2 rings (SSSR count). The standard InChI is InChI=1S/C8H9NO4S/c10-2-4-3-14-6-1-5(11)9(6)7(4)8(12)13/h3,6-7,10H,1-2H2,(H,12,13)/t6-,7?/m1/s1. The summed E-state index contributed by atoms with van der Waals surface area (Å²) in [6, 6.07) is -0.965. The van der Waals surface area contributed by atoms with E-state index in [0.29, 0.717) is 12.0 Å². The zero-order valence-electron chi connectivity index (χ0n) is 7.21. The molecule has 6 heteroatoms. The summed E-state index contributed by atoms with van der Waals surface area (Å²) < 4.78 is 0. The minimum atomic E-state index is -1.08. The van der Waals surface area contributed by atoms with Crippen LogP contribution in [0, 0.1) is 0 Å². The Morgan fingerprint density at radius 2 is 2.43 bits per heavy atom. The van der Waals surface area contributed by atoms with Crippen LogP contribution in [0.25, 0.3) is 0 Å². The quantitative estimate of drug-likeness (QED) is 0.614. The minimum absolute atomic E-state index is 0.0566. The molecule has 0 saturated carbocycles. The zero-order valence-corrected chi connectivity index (χ0v) is 8.03. The van der Waals surface area contributed by atoms with Gasteiger partial charge in [0.2, 0.25) is 5.91 Å². The number of hydrogen-bond acceptors (Lipinski definition) is 4. The van der Waals surface area contributed by atoms with E-state index >= 15 is 0 Å². The van der Waals surface area contributed by atoms with E-state index in [1.165, 1.54) is 16.7 Å². The average Bonchev–Trinajstić information content (AvgIpc) is 2.15. The summed E-state index contributed by atoms with van der Waals surface area (Å²) in [7, 11) is 0. The lowest BCUT2D eigenvalue weighted by molar-refractivity contribution is -0.156. The molecule has 0 spiro atoms. The molecule has 1 fully saturated rings. The first kappa shape index (κ1) is 9.54. The lowest BCUT2D eigenvalue weighted by Crippen LogP contribution is -2.60. The van der Waals surface area contributed by atoms with Crippen LogP contribution in [0.4, 0.5) is 0 Å². The van der Waals surface area contributed by atoms with Gasteiger partial charge in [-0.05, 0) is 11.0 Å². The van der Waals surface area contributed by atoms with Crippen molar-refractivity contribution >= 4 is 23.6 Å². The minimum Gasteiger partial charge on any atom is -0.479 e. The van der Waals surface area contributed by atoms with Crippen molar-refractivity contribution in [2.75, 3.05) is 6.61 Å². The summed E-state index contributed by atoms with van der Waals surface area (Å²) >= 11 is 1.39. The van der Waals surface area contributed by atoms with Gasteiger partial charge in [0, 0.05) is 0 Å². The predicted octanol–water partition coefficient (Wildman–Crippen LogP) is -0.379. The second kappa shape index (κ2) is 3.29. The van der Waals surface area contributed by atoms with Crippen LogP contribution in [0.5, 0.6) is 0 Å². The van der Waals surface area contributed by atoms with E-state index in [9.17, 15) is 9.59 Å². The molecule has 76 valence electrons. The number of aliphatic hydroxyl groups is 1. The van der Waals surface area contributed by atoms with Crippen LogP contribution in [0.3, 0.4) is 0 Å². The first-order chi connectivity index (χ1) is 6.65. The normalized spacial score (nSPS) is 30.5. The third-order valence-corrected chi connectivity index (χ3v) is 3.52. The molecule has 2 aliphatic heterocycles. The van der Waals surface area contributed by atoms with Crippen molar-refractivity contribution in [3.05, 3.63) is 11.0 Å². The Morgan fingerprint density at radius 3 is 2.93 bits per heavy atom. The number of β-lactam (4-membered cyclic amide) rings is 1. The summed E-state index contributed by atoms with van der Waals surface area (Å²) in [6.07, 6.45) is 0.393.